The summed E-state index contributed by atoms with van der Waals surface area (Å²) >= 11 is 11.6. The maximum Gasteiger partial charge on any atom is 0.259 e. The fourth-order valence-electron chi connectivity index (χ4n) is 1.58. The molecule has 0 atom stereocenters. The Balaban J connectivity index is 2.31. The molecular formula is C12H11Cl2N5O. The van der Waals surface area contributed by atoms with Crippen LogP contribution in [0.15, 0.2) is 24.5 Å². The van der Waals surface area contributed by atoms with Crippen molar-refractivity contribution in [1.29, 1.82) is 0 Å². The molecule has 0 saturated carbocycles. The maximum absolute atomic E-state index is 12.2. The molecule has 0 radical (unpaired) electrons. The van der Waals surface area contributed by atoms with Crippen molar-refractivity contribution >= 4 is 40.5 Å². The standard InChI is InChI=1S/C12H11Cl2N5O/c1-19(2)9-3-4-15-6-8(9)16-12(20)7-5-10(13)17-18-11(7)14/h3-6H,1-2H3,(H,16,20). The molecule has 2 aromatic heterocycles. The highest BCUT2D eigenvalue weighted by Gasteiger charge is 2.15. The molecule has 0 aromatic carbocycles. The lowest BCUT2D eigenvalue weighted by Crippen LogP contribution is -2.17. The second-order valence-electron chi connectivity index (χ2n) is 4.11. The van der Waals surface area contributed by atoms with Gasteiger partial charge in [-0.1, -0.05) is 23.2 Å². The summed E-state index contributed by atoms with van der Waals surface area (Å²) in [5.41, 5.74) is 1.53. The first-order chi connectivity index (χ1) is 9.49. The number of amides is 1. The van der Waals surface area contributed by atoms with Crippen LogP contribution in [0, 0.1) is 0 Å². The van der Waals surface area contributed by atoms with Gasteiger partial charge >= 0.3 is 0 Å². The highest BCUT2D eigenvalue weighted by Crippen LogP contribution is 2.24. The number of halogens is 2. The van der Waals surface area contributed by atoms with Gasteiger partial charge in [-0.15, -0.1) is 10.2 Å². The number of nitrogens with one attached hydrogen (secondary N) is 1. The van der Waals surface area contributed by atoms with Crippen LogP contribution in [0.4, 0.5) is 11.4 Å². The summed E-state index contributed by atoms with van der Waals surface area (Å²) in [5.74, 6) is -0.428. The molecule has 0 aliphatic rings. The van der Waals surface area contributed by atoms with Crippen molar-refractivity contribution < 1.29 is 4.79 Å². The summed E-state index contributed by atoms with van der Waals surface area (Å²) in [5, 5.41) is 9.96. The quantitative estimate of drug-likeness (QED) is 0.943. The first kappa shape index (κ1) is 14.5. The second kappa shape index (κ2) is 6.02. The summed E-state index contributed by atoms with van der Waals surface area (Å²) in [6, 6.07) is 3.15. The number of carbonyl (C=O) groups is 1. The summed E-state index contributed by atoms with van der Waals surface area (Å²) in [6.07, 6.45) is 3.19. The second-order valence-corrected chi connectivity index (χ2v) is 4.86. The molecule has 0 fully saturated rings. The summed E-state index contributed by atoms with van der Waals surface area (Å²) < 4.78 is 0. The first-order valence-electron chi connectivity index (χ1n) is 5.60. The predicted octanol–water partition coefficient (Wildman–Crippen LogP) is 2.50. The van der Waals surface area contributed by atoms with Gasteiger partial charge in [0.15, 0.2) is 10.3 Å². The van der Waals surface area contributed by atoms with Crippen LogP contribution in [0.2, 0.25) is 10.3 Å². The zero-order valence-corrected chi connectivity index (χ0v) is 12.3. The van der Waals surface area contributed by atoms with Crippen molar-refractivity contribution in [3.63, 3.8) is 0 Å². The van der Waals surface area contributed by atoms with Crippen LogP contribution >= 0.6 is 23.2 Å². The number of pyridine rings is 1. The largest absolute Gasteiger partial charge is 0.376 e. The average Bonchev–Trinajstić information content (AvgIpc) is 2.41. The Morgan fingerprint density at radius 3 is 2.75 bits per heavy atom. The van der Waals surface area contributed by atoms with Gasteiger partial charge in [-0.3, -0.25) is 9.78 Å². The van der Waals surface area contributed by atoms with E-state index >= 15 is 0 Å². The number of rotatable bonds is 3. The van der Waals surface area contributed by atoms with Gasteiger partial charge < -0.3 is 10.2 Å². The summed E-state index contributed by atoms with van der Waals surface area (Å²) in [4.78, 5) is 18.0. The third-order valence-corrected chi connectivity index (χ3v) is 2.96. The van der Waals surface area contributed by atoms with Crippen LogP contribution in [-0.2, 0) is 0 Å². The number of hydrogen-bond acceptors (Lipinski definition) is 5. The van der Waals surface area contributed by atoms with Gasteiger partial charge in [0, 0.05) is 20.3 Å². The third-order valence-electron chi connectivity index (χ3n) is 2.49. The van der Waals surface area contributed by atoms with E-state index in [0.717, 1.165) is 5.69 Å². The molecule has 0 aliphatic heterocycles. The van der Waals surface area contributed by atoms with Crippen molar-refractivity contribution in [2.24, 2.45) is 0 Å². The molecule has 2 rings (SSSR count). The Labute approximate surface area is 125 Å². The molecule has 1 amide bonds. The van der Waals surface area contributed by atoms with Gasteiger partial charge in [-0.2, -0.15) is 0 Å². The van der Waals surface area contributed by atoms with Crippen LogP contribution in [-0.4, -0.2) is 35.2 Å². The number of hydrogen-bond donors (Lipinski definition) is 1. The highest BCUT2D eigenvalue weighted by molar-refractivity contribution is 6.34. The molecule has 0 aliphatic carbocycles. The van der Waals surface area contributed by atoms with Crippen LogP contribution in [0.1, 0.15) is 10.4 Å². The van der Waals surface area contributed by atoms with E-state index < -0.39 is 5.91 Å². The molecule has 8 heteroatoms. The van der Waals surface area contributed by atoms with Crippen LogP contribution in [0.3, 0.4) is 0 Å². The first-order valence-corrected chi connectivity index (χ1v) is 6.36. The molecule has 2 heterocycles. The summed E-state index contributed by atoms with van der Waals surface area (Å²) in [7, 11) is 3.73. The molecular weight excluding hydrogens is 301 g/mol. The monoisotopic (exact) mass is 311 g/mol. The number of carbonyl (C=O) groups excluding carboxylic acids is 1. The van der Waals surface area contributed by atoms with Gasteiger partial charge in [-0.05, 0) is 12.1 Å². The zero-order chi connectivity index (χ0) is 14.7. The number of nitrogens with zero attached hydrogens (tertiary/aromatic N) is 4. The van der Waals surface area contributed by atoms with E-state index in [-0.39, 0.29) is 15.9 Å². The maximum atomic E-state index is 12.2. The lowest BCUT2D eigenvalue weighted by Gasteiger charge is -2.17. The highest BCUT2D eigenvalue weighted by atomic mass is 35.5. The third kappa shape index (κ3) is 3.15. The van der Waals surface area contributed by atoms with E-state index in [4.69, 9.17) is 23.2 Å². The van der Waals surface area contributed by atoms with Gasteiger partial charge in [-0.25, -0.2) is 0 Å². The van der Waals surface area contributed by atoms with Crippen LogP contribution in [0.25, 0.3) is 0 Å². The van der Waals surface area contributed by atoms with Gasteiger partial charge in [0.05, 0.1) is 23.1 Å². The minimum absolute atomic E-state index is 0.0119. The van der Waals surface area contributed by atoms with Gasteiger partial charge in [0.25, 0.3) is 5.91 Å². The Bertz CT molecular complexity index is 647. The van der Waals surface area contributed by atoms with Crippen LogP contribution in [0.5, 0.6) is 0 Å². The van der Waals surface area contributed by atoms with Gasteiger partial charge in [0.1, 0.15) is 0 Å². The molecule has 2 aromatic rings. The fraction of sp³-hybridized carbons (Fsp3) is 0.167. The van der Waals surface area contributed by atoms with Crippen molar-refractivity contribution in [2.45, 2.75) is 0 Å². The minimum Gasteiger partial charge on any atom is -0.376 e. The SMILES string of the molecule is CN(C)c1ccncc1NC(=O)c1cc(Cl)nnc1Cl. The van der Waals surface area contributed by atoms with Crippen molar-refractivity contribution in [3.05, 3.63) is 40.4 Å². The molecule has 0 spiro atoms. The van der Waals surface area contributed by atoms with E-state index in [0.29, 0.717) is 5.69 Å². The molecule has 1 N–H and O–H groups in total. The van der Waals surface area contributed by atoms with Gasteiger partial charge in [0.2, 0.25) is 0 Å². The molecule has 6 nitrogen and oxygen atoms in total. The van der Waals surface area contributed by atoms with Crippen LogP contribution < -0.4 is 10.2 Å². The molecule has 20 heavy (non-hydrogen) atoms. The number of anilines is 2. The van der Waals surface area contributed by atoms with Crippen molar-refractivity contribution in [3.8, 4) is 0 Å². The Morgan fingerprint density at radius 2 is 2.05 bits per heavy atom. The Hall–Kier alpha value is -1.92. The zero-order valence-electron chi connectivity index (χ0n) is 10.8. The van der Waals surface area contributed by atoms with E-state index in [1.807, 2.05) is 19.0 Å². The fourth-order valence-corrected chi connectivity index (χ4v) is 1.90. The van der Waals surface area contributed by atoms with E-state index in [1.165, 1.54) is 6.07 Å². The summed E-state index contributed by atoms with van der Waals surface area (Å²) in [6.45, 7) is 0. The normalized spacial score (nSPS) is 10.2. The molecule has 0 bridgehead atoms. The Kier molecular flexibility index (Phi) is 4.36. The minimum atomic E-state index is -0.428. The lowest BCUT2D eigenvalue weighted by atomic mass is 10.2. The predicted molar refractivity (Wildman–Crippen MR) is 78.6 cm³/mol. The topological polar surface area (TPSA) is 71.0 Å². The van der Waals surface area contributed by atoms with E-state index in [2.05, 4.69) is 20.5 Å². The molecule has 104 valence electrons. The number of aromatic nitrogens is 3. The van der Waals surface area contributed by atoms with E-state index in [1.54, 1.807) is 18.5 Å². The van der Waals surface area contributed by atoms with E-state index in [9.17, 15) is 4.79 Å². The smallest absolute Gasteiger partial charge is 0.259 e. The Morgan fingerprint density at radius 1 is 1.30 bits per heavy atom. The van der Waals surface area contributed by atoms with Crippen molar-refractivity contribution in [2.75, 3.05) is 24.3 Å². The lowest BCUT2D eigenvalue weighted by molar-refractivity contribution is 0.102. The molecule has 0 saturated heterocycles. The average molecular weight is 312 g/mol. The molecule has 0 unspecified atom stereocenters. The van der Waals surface area contributed by atoms with Crippen molar-refractivity contribution in [1.82, 2.24) is 15.2 Å².